The van der Waals surface area contributed by atoms with Crippen molar-refractivity contribution in [3.8, 4) is 0 Å². The van der Waals surface area contributed by atoms with E-state index >= 15 is 0 Å². The van der Waals surface area contributed by atoms with Gasteiger partial charge in [0.05, 0.1) is 0 Å². The van der Waals surface area contributed by atoms with Crippen molar-refractivity contribution in [2.24, 2.45) is 0 Å². The summed E-state index contributed by atoms with van der Waals surface area (Å²) in [6, 6.07) is 18.8. The third-order valence-electron chi connectivity index (χ3n) is 5.62. The Bertz CT molecular complexity index is 1110. The van der Waals surface area contributed by atoms with Gasteiger partial charge in [0.15, 0.2) is 0 Å². The number of hydrogen-bond acceptors (Lipinski definition) is 5. The molecule has 1 aliphatic heterocycles. The molecule has 2 aromatic carbocycles. The third-order valence-corrected chi connectivity index (χ3v) is 5.62. The first-order valence-electron chi connectivity index (χ1n) is 10.6. The van der Waals surface area contributed by atoms with Crippen molar-refractivity contribution in [1.29, 1.82) is 0 Å². The van der Waals surface area contributed by atoms with Crippen molar-refractivity contribution in [2.75, 3.05) is 35.2 Å². The maximum Gasteiger partial charge on any atom is 0.224 e. The molecule has 1 aliphatic rings. The van der Waals surface area contributed by atoms with Crippen molar-refractivity contribution in [1.82, 2.24) is 15.0 Å². The van der Waals surface area contributed by atoms with Gasteiger partial charge in [-0.25, -0.2) is 4.98 Å². The highest BCUT2D eigenvalue weighted by Gasteiger charge is 2.12. The van der Waals surface area contributed by atoms with Crippen LogP contribution in [-0.2, 0) is 6.42 Å². The second-order valence-electron chi connectivity index (χ2n) is 7.67. The van der Waals surface area contributed by atoms with Crippen LogP contribution in [0.15, 0.2) is 67.0 Å². The van der Waals surface area contributed by atoms with E-state index in [-0.39, 0.29) is 0 Å². The summed E-state index contributed by atoms with van der Waals surface area (Å²) in [7, 11) is 0. The Morgan fingerprint density at radius 2 is 1.80 bits per heavy atom. The fourth-order valence-corrected chi connectivity index (χ4v) is 4.04. The molecule has 3 N–H and O–H groups in total. The van der Waals surface area contributed by atoms with Crippen LogP contribution >= 0.6 is 0 Å². The quantitative estimate of drug-likeness (QED) is 0.411. The van der Waals surface area contributed by atoms with E-state index in [0.717, 1.165) is 37.6 Å². The number of H-pyrrole nitrogens is 1. The van der Waals surface area contributed by atoms with Gasteiger partial charge < -0.3 is 20.5 Å². The molecular weight excluding hydrogens is 372 g/mol. The van der Waals surface area contributed by atoms with Crippen LogP contribution < -0.4 is 15.5 Å². The molecule has 0 unspecified atom stereocenters. The van der Waals surface area contributed by atoms with Gasteiger partial charge in [-0.3, -0.25) is 0 Å². The van der Waals surface area contributed by atoms with Crippen molar-refractivity contribution < 1.29 is 0 Å². The van der Waals surface area contributed by atoms with Gasteiger partial charge in [-0.1, -0.05) is 18.2 Å². The minimum Gasteiger partial charge on any atom is -0.372 e. The summed E-state index contributed by atoms with van der Waals surface area (Å²) in [6.07, 6.45) is 7.34. The summed E-state index contributed by atoms with van der Waals surface area (Å²) in [5.41, 5.74) is 4.79. The molecule has 3 heterocycles. The number of nitrogens with zero attached hydrogens (tertiary/aromatic N) is 3. The van der Waals surface area contributed by atoms with Crippen LogP contribution in [0.1, 0.15) is 18.4 Å². The third kappa shape index (κ3) is 4.08. The molecule has 0 bridgehead atoms. The fourth-order valence-electron chi connectivity index (χ4n) is 4.04. The summed E-state index contributed by atoms with van der Waals surface area (Å²) < 4.78 is 0. The maximum absolute atomic E-state index is 4.60. The van der Waals surface area contributed by atoms with E-state index in [4.69, 9.17) is 0 Å². The Hall–Kier alpha value is -3.54. The molecule has 0 amide bonds. The number of nitrogens with one attached hydrogen (secondary N) is 3. The number of para-hydroxylation sites is 1. The molecule has 1 fully saturated rings. The van der Waals surface area contributed by atoms with Crippen molar-refractivity contribution in [2.45, 2.75) is 19.3 Å². The lowest BCUT2D eigenvalue weighted by Gasteiger charge is -2.18. The highest BCUT2D eigenvalue weighted by Crippen LogP contribution is 2.23. The Labute approximate surface area is 176 Å². The Morgan fingerprint density at radius 1 is 0.967 bits per heavy atom. The Morgan fingerprint density at radius 3 is 2.67 bits per heavy atom. The van der Waals surface area contributed by atoms with Gasteiger partial charge in [0.2, 0.25) is 5.95 Å². The summed E-state index contributed by atoms with van der Waals surface area (Å²) in [5.74, 6) is 1.42. The van der Waals surface area contributed by atoms with Crippen LogP contribution in [0, 0.1) is 0 Å². The van der Waals surface area contributed by atoms with E-state index in [9.17, 15) is 0 Å². The Balaban J connectivity index is 1.19. The monoisotopic (exact) mass is 398 g/mol. The lowest BCUT2D eigenvalue weighted by Crippen LogP contribution is -2.17. The first-order chi connectivity index (χ1) is 14.8. The van der Waals surface area contributed by atoms with Gasteiger partial charge in [0.1, 0.15) is 5.82 Å². The van der Waals surface area contributed by atoms with Crippen molar-refractivity contribution in [3.63, 3.8) is 0 Å². The first kappa shape index (κ1) is 18.5. The average Bonchev–Trinajstić information content (AvgIpc) is 3.45. The molecule has 0 saturated carbocycles. The van der Waals surface area contributed by atoms with E-state index in [1.54, 1.807) is 6.20 Å². The zero-order valence-corrected chi connectivity index (χ0v) is 16.9. The maximum atomic E-state index is 4.60. The van der Waals surface area contributed by atoms with Crippen LogP contribution in [0.3, 0.4) is 0 Å². The molecule has 0 radical (unpaired) electrons. The summed E-state index contributed by atoms with van der Waals surface area (Å²) in [5, 5.41) is 7.98. The summed E-state index contributed by atoms with van der Waals surface area (Å²) >= 11 is 0. The van der Waals surface area contributed by atoms with E-state index in [1.807, 2.05) is 12.1 Å². The summed E-state index contributed by atoms with van der Waals surface area (Å²) in [6.45, 7) is 3.09. The number of fused-ring (bicyclic) bond motifs is 1. The highest BCUT2D eigenvalue weighted by molar-refractivity contribution is 5.83. The van der Waals surface area contributed by atoms with Gasteiger partial charge in [-0.15, -0.1) is 0 Å². The van der Waals surface area contributed by atoms with Crippen LogP contribution in [0.2, 0.25) is 0 Å². The lowest BCUT2D eigenvalue weighted by atomic mass is 10.1. The van der Waals surface area contributed by atoms with E-state index in [1.165, 1.54) is 35.0 Å². The predicted molar refractivity (Wildman–Crippen MR) is 124 cm³/mol. The molecule has 30 heavy (non-hydrogen) atoms. The SMILES string of the molecule is c1ccc2c(CCNc3nccc(Nc4ccc(N5CCCC5)cc4)n3)c[nH]c2c1. The van der Waals surface area contributed by atoms with Crippen LogP contribution in [-0.4, -0.2) is 34.6 Å². The Kier molecular flexibility index (Phi) is 5.21. The topological polar surface area (TPSA) is 68.9 Å². The van der Waals surface area contributed by atoms with Crippen LogP contribution in [0.4, 0.5) is 23.1 Å². The number of aromatic nitrogens is 3. The molecule has 5 rings (SSSR count). The summed E-state index contributed by atoms with van der Waals surface area (Å²) in [4.78, 5) is 14.7. The average molecular weight is 399 g/mol. The van der Waals surface area contributed by atoms with Gasteiger partial charge in [-0.2, -0.15) is 4.98 Å². The molecule has 1 saturated heterocycles. The van der Waals surface area contributed by atoms with Crippen molar-refractivity contribution in [3.05, 3.63) is 72.6 Å². The highest BCUT2D eigenvalue weighted by atomic mass is 15.1. The van der Waals surface area contributed by atoms with Crippen molar-refractivity contribution >= 4 is 34.0 Å². The second-order valence-corrected chi connectivity index (χ2v) is 7.67. The number of aromatic amines is 1. The molecular formula is C24H26N6. The minimum atomic E-state index is 0.633. The molecule has 2 aromatic heterocycles. The van der Waals surface area contributed by atoms with Gasteiger partial charge in [0, 0.05) is 54.3 Å². The molecule has 4 aromatic rings. The molecule has 0 spiro atoms. The van der Waals surface area contributed by atoms with Gasteiger partial charge >= 0.3 is 0 Å². The van der Waals surface area contributed by atoms with E-state index in [0.29, 0.717) is 5.95 Å². The molecule has 152 valence electrons. The number of rotatable bonds is 7. The largest absolute Gasteiger partial charge is 0.372 e. The predicted octanol–water partition coefficient (Wildman–Crippen LogP) is 4.96. The van der Waals surface area contributed by atoms with E-state index < -0.39 is 0 Å². The second kappa shape index (κ2) is 8.45. The molecule has 6 nitrogen and oxygen atoms in total. The standard InChI is InChI=1S/C24H26N6/c1-2-6-22-21(5-1)18(17-27-22)11-13-25-24-26-14-12-23(29-24)28-19-7-9-20(10-8-19)30-15-3-4-16-30/h1-2,5-10,12,14,17,27H,3-4,11,13,15-16H2,(H2,25,26,28,29). The van der Waals surface area contributed by atoms with Gasteiger partial charge in [-0.05, 0) is 61.2 Å². The number of anilines is 4. The van der Waals surface area contributed by atoms with Gasteiger partial charge in [0.25, 0.3) is 0 Å². The smallest absolute Gasteiger partial charge is 0.224 e. The molecule has 6 heteroatoms. The van der Waals surface area contributed by atoms with Crippen LogP contribution in [0.25, 0.3) is 10.9 Å². The number of benzene rings is 2. The number of hydrogen-bond donors (Lipinski definition) is 3. The first-order valence-corrected chi connectivity index (χ1v) is 10.6. The zero-order chi connectivity index (χ0) is 20.2. The lowest BCUT2D eigenvalue weighted by molar-refractivity contribution is 0.949. The zero-order valence-electron chi connectivity index (χ0n) is 16.9. The minimum absolute atomic E-state index is 0.633. The fraction of sp³-hybridized carbons (Fsp3) is 0.250. The normalized spacial score (nSPS) is 13.7. The molecule has 0 atom stereocenters. The molecule has 0 aliphatic carbocycles. The van der Waals surface area contributed by atoms with Crippen LogP contribution in [0.5, 0.6) is 0 Å². The van der Waals surface area contributed by atoms with E-state index in [2.05, 4.69) is 79.1 Å².